The molecular weight excluding hydrogens is 250 g/mol. The fraction of sp³-hybridized carbons (Fsp3) is 0.750. The summed E-state index contributed by atoms with van der Waals surface area (Å²) in [5, 5.41) is 3.42. The van der Waals surface area contributed by atoms with E-state index < -0.39 is 0 Å². The molecule has 0 amide bonds. The molecule has 20 heavy (non-hydrogen) atoms. The van der Waals surface area contributed by atoms with Crippen LogP contribution in [0.5, 0.6) is 0 Å². The highest BCUT2D eigenvalue weighted by molar-refractivity contribution is 5.17. The summed E-state index contributed by atoms with van der Waals surface area (Å²) in [5.41, 5.74) is 1.33. The van der Waals surface area contributed by atoms with Gasteiger partial charge in [-0.3, -0.25) is 9.80 Å². The molecule has 2 atom stereocenters. The number of rotatable bonds is 6. The van der Waals surface area contributed by atoms with Gasteiger partial charge in [0.2, 0.25) is 0 Å². The Balaban J connectivity index is 1.91. The number of hydrogen-bond acceptors (Lipinski definition) is 4. The van der Waals surface area contributed by atoms with Gasteiger partial charge in [0.05, 0.1) is 12.8 Å². The summed E-state index contributed by atoms with van der Waals surface area (Å²) in [6.45, 7) is 12.0. The predicted molar refractivity (Wildman–Crippen MR) is 82.7 cm³/mol. The minimum absolute atomic E-state index is 0.618. The van der Waals surface area contributed by atoms with Crippen molar-refractivity contribution in [2.24, 2.45) is 0 Å². The molecule has 4 heteroatoms. The monoisotopic (exact) mass is 279 g/mol. The maximum atomic E-state index is 5.63. The quantitative estimate of drug-likeness (QED) is 0.810. The lowest BCUT2D eigenvalue weighted by Gasteiger charge is -2.42. The van der Waals surface area contributed by atoms with Gasteiger partial charge in [-0.25, -0.2) is 0 Å². The minimum Gasteiger partial charge on any atom is -0.468 e. The van der Waals surface area contributed by atoms with E-state index in [-0.39, 0.29) is 0 Å². The Labute approximate surface area is 123 Å². The number of likely N-dealkylation sites (N-methyl/N-ethyl adjacent to an activating group) is 1. The third-order valence-electron chi connectivity index (χ3n) is 4.38. The molecule has 114 valence electrons. The molecule has 0 aliphatic carbocycles. The summed E-state index contributed by atoms with van der Waals surface area (Å²) in [5.74, 6) is 1.10. The van der Waals surface area contributed by atoms with Crippen molar-refractivity contribution >= 4 is 0 Å². The number of nitrogens with one attached hydrogen (secondary N) is 1. The molecule has 1 aromatic rings. The van der Waals surface area contributed by atoms with E-state index in [4.69, 9.17) is 4.42 Å². The maximum absolute atomic E-state index is 5.63. The Morgan fingerprint density at radius 1 is 1.30 bits per heavy atom. The van der Waals surface area contributed by atoms with Gasteiger partial charge < -0.3 is 9.73 Å². The second kappa shape index (κ2) is 7.25. The molecular formula is C16H29N3O. The average Bonchev–Trinajstić information content (AvgIpc) is 2.84. The molecule has 1 fully saturated rings. The van der Waals surface area contributed by atoms with E-state index in [0.29, 0.717) is 12.1 Å². The van der Waals surface area contributed by atoms with Crippen LogP contribution in [0.1, 0.15) is 38.5 Å². The Bertz CT molecular complexity index is 392. The van der Waals surface area contributed by atoms with E-state index in [1.807, 2.05) is 6.26 Å². The molecule has 1 N–H and O–H groups in total. The van der Waals surface area contributed by atoms with Crippen LogP contribution in [-0.4, -0.2) is 48.6 Å². The summed E-state index contributed by atoms with van der Waals surface area (Å²) >= 11 is 0. The highest BCUT2D eigenvalue weighted by Gasteiger charge is 2.26. The van der Waals surface area contributed by atoms with E-state index in [1.54, 1.807) is 0 Å². The lowest BCUT2D eigenvalue weighted by atomic mass is 10.1. The fourth-order valence-corrected chi connectivity index (χ4v) is 2.93. The molecule has 1 aromatic heterocycles. The topological polar surface area (TPSA) is 31.7 Å². The lowest BCUT2D eigenvalue weighted by molar-refractivity contribution is 0.0553. The predicted octanol–water partition coefficient (Wildman–Crippen LogP) is 2.30. The van der Waals surface area contributed by atoms with Crippen LogP contribution in [0.4, 0.5) is 0 Å². The molecule has 0 aromatic carbocycles. The molecule has 0 radical (unpaired) electrons. The van der Waals surface area contributed by atoms with Gasteiger partial charge >= 0.3 is 0 Å². The first-order valence-corrected chi connectivity index (χ1v) is 7.82. The fourth-order valence-electron chi connectivity index (χ4n) is 2.93. The van der Waals surface area contributed by atoms with Gasteiger partial charge in [0.15, 0.2) is 0 Å². The largest absolute Gasteiger partial charge is 0.468 e. The molecule has 2 unspecified atom stereocenters. The Morgan fingerprint density at radius 2 is 2.00 bits per heavy atom. The second-order valence-electron chi connectivity index (χ2n) is 6.10. The summed E-state index contributed by atoms with van der Waals surface area (Å²) in [7, 11) is 2.23. The second-order valence-corrected chi connectivity index (χ2v) is 6.10. The van der Waals surface area contributed by atoms with Crippen molar-refractivity contribution in [3.8, 4) is 0 Å². The van der Waals surface area contributed by atoms with Gasteiger partial charge in [-0.05, 0) is 39.9 Å². The Kier molecular flexibility index (Phi) is 5.64. The van der Waals surface area contributed by atoms with Crippen LogP contribution in [-0.2, 0) is 13.1 Å². The van der Waals surface area contributed by atoms with Gasteiger partial charge in [0.25, 0.3) is 0 Å². The van der Waals surface area contributed by atoms with E-state index in [9.17, 15) is 0 Å². The van der Waals surface area contributed by atoms with Crippen molar-refractivity contribution < 1.29 is 4.42 Å². The van der Waals surface area contributed by atoms with E-state index in [1.165, 1.54) is 5.56 Å². The SMILES string of the molecule is CCCNCc1occc1CN1CC(C)N(C)C(C)C1. The van der Waals surface area contributed by atoms with E-state index in [2.05, 4.69) is 49.0 Å². The van der Waals surface area contributed by atoms with Crippen LogP contribution in [0.15, 0.2) is 16.7 Å². The van der Waals surface area contributed by atoms with Gasteiger partial charge in [-0.1, -0.05) is 6.92 Å². The molecule has 1 aliphatic rings. The van der Waals surface area contributed by atoms with Crippen molar-refractivity contribution in [3.63, 3.8) is 0 Å². The standard InChI is InChI=1S/C16H29N3O/c1-5-7-17-9-16-15(6-8-20-16)12-19-10-13(2)18(4)14(3)11-19/h6,8,13-14,17H,5,7,9-12H2,1-4H3. The third-order valence-corrected chi connectivity index (χ3v) is 4.38. The average molecular weight is 279 g/mol. The Morgan fingerprint density at radius 3 is 2.65 bits per heavy atom. The molecule has 1 aliphatic heterocycles. The highest BCUT2D eigenvalue weighted by atomic mass is 16.3. The van der Waals surface area contributed by atoms with Crippen LogP contribution < -0.4 is 5.32 Å². The number of furan rings is 1. The first kappa shape index (κ1) is 15.5. The van der Waals surface area contributed by atoms with Crippen LogP contribution in [0.2, 0.25) is 0 Å². The van der Waals surface area contributed by atoms with Crippen LogP contribution in [0.3, 0.4) is 0 Å². The van der Waals surface area contributed by atoms with Gasteiger partial charge in [-0.15, -0.1) is 0 Å². The minimum atomic E-state index is 0.618. The van der Waals surface area contributed by atoms with Crippen LogP contribution in [0.25, 0.3) is 0 Å². The normalized spacial score (nSPS) is 25.2. The third kappa shape index (κ3) is 3.84. The smallest absolute Gasteiger partial charge is 0.122 e. The first-order chi connectivity index (χ1) is 9.61. The van der Waals surface area contributed by atoms with Crippen LogP contribution >= 0.6 is 0 Å². The van der Waals surface area contributed by atoms with Gasteiger partial charge in [-0.2, -0.15) is 0 Å². The summed E-state index contributed by atoms with van der Waals surface area (Å²) in [6.07, 6.45) is 2.98. The zero-order valence-electron chi connectivity index (χ0n) is 13.4. The Hall–Kier alpha value is -0.840. The molecule has 0 spiro atoms. The van der Waals surface area contributed by atoms with Gasteiger partial charge in [0, 0.05) is 37.3 Å². The van der Waals surface area contributed by atoms with Crippen molar-refractivity contribution in [2.75, 3.05) is 26.7 Å². The zero-order chi connectivity index (χ0) is 14.5. The lowest BCUT2D eigenvalue weighted by Crippen LogP contribution is -2.54. The summed E-state index contributed by atoms with van der Waals surface area (Å²) in [4.78, 5) is 5.01. The molecule has 2 rings (SSSR count). The zero-order valence-corrected chi connectivity index (χ0v) is 13.4. The van der Waals surface area contributed by atoms with Crippen molar-refractivity contribution in [1.82, 2.24) is 15.1 Å². The number of hydrogen-bond donors (Lipinski definition) is 1. The molecule has 0 saturated carbocycles. The molecule has 1 saturated heterocycles. The van der Waals surface area contributed by atoms with Crippen LogP contribution in [0, 0.1) is 0 Å². The summed E-state index contributed by atoms with van der Waals surface area (Å²) < 4.78 is 5.63. The van der Waals surface area contributed by atoms with E-state index >= 15 is 0 Å². The van der Waals surface area contributed by atoms with E-state index in [0.717, 1.165) is 44.9 Å². The molecule has 2 heterocycles. The number of piperazine rings is 1. The van der Waals surface area contributed by atoms with Crippen molar-refractivity contribution in [3.05, 3.63) is 23.7 Å². The highest BCUT2D eigenvalue weighted by Crippen LogP contribution is 2.18. The molecule has 0 bridgehead atoms. The maximum Gasteiger partial charge on any atom is 0.122 e. The van der Waals surface area contributed by atoms with Gasteiger partial charge in [0.1, 0.15) is 5.76 Å². The summed E-state index contributed by atoms with van der Waals surface area (Å²) in [6, 6.07) is 3.36. The number of nitrogens with zero attached hydrogens (tertiary/aromatic N) is 2. The van der Waals surface area contributed by atoms with Crippen molar-refractivity contribution in [1.29, 1.82) is 0 Å². The molecule has 4 nitrogen and oxygen atoms in total. The van der Waals surface area contributed by atoms with Crippen molar-refractivity contribution in [2.45, 2.75) is 52.4 Å². The first-order valence-electron chi connectivity index (χ1n) is 7.82.